The predicted molar refractivity (Wildman–Crippen MR) is 103 cm³/mol. The van der Waals surface area contributed by atoms with Crippen molar-refractivity contribution in [3.63, 3.8) is 0 Å². The van der Waals surface area contributed by atoms with Crippen molar-refractivity contribution in [3.8, 4) is 17.1 Å². The average molecular weight is 382 g/mol. The van der Waals surface area contributed by atoms with Crippen LogP contribution < -0.4 is 15.8 Å². The second kappa shape index (κ2) is 8.04. The van der Waals surface area contributed by atoms with E-state index in [0.29, 0.717) is 12.4 Å². The van der Waals surface area contributed by atoms with Gasteiger partial charge in [-0.2, -0.15) is 0 Å². The number of nitrogens with one attached hydrogen (secondary N) is 2. The van der Waals surface area contributed by atoms with Crippen LogP contribution in [0.25, 0.3) is 11.4 Å². The number of halogens is 1. The molecule has 0 bridgehead atoms. The molecule has 0 spiro atoms. The molecule has 0 radical (unpaired) electrons. The van der Waals surface area contributed by atoms with E-state index in [-0.39, 0.29) is 23.8 Å². The molecule has 8 heteroatoms. The molecule has 146 valence electrons. The summed E-state index contributed by atoms with van der Waals surface area (Å²) >= 11 is 0. The summed E-state index contributed by atoms with van der Waals surface area (Å²) in [7, 11) is 1.65. The molecule has 28 heavy (non-hydrogen) atoms. The molecule has 1 aliphatic rings. The second-order valence-electron chi connectivity index (χ2n) is 7.08. The predicted octanol–water partition coefficient (Wildman–Crippen LogP) is 2.38. The molecule has 0 amide bonds. The number of ether oxygens (including phenoxy) is 1. The lowest BCUT2D eigenvalue weighted by atomic mass is 9.91. The number of H-pyrrole nitrogens is 1. The minimum absolute atomic E-state index is 0.0523. The van der Waals surface area contributed by atoms with Crippen molar-refractivity contribution in [2.75, 3.05) is 7.11 Å². The normalized spacial score (nSPS) is 21.8. The van der Waals surface area contributed by atoms with Gasteiger partial charge in [0.05, 0.1) is 7.11 Å². The Morgan fingerprint density at radius 2 is 2.04 bits per heavy atom. The highest BCUT2D eigenvalue weighted by Crippen LogP contribution is 2.34. The zero-order valence-electron chi connectivity index (χ0n) is 15.6. The van der Waals surface area contributed by atoms with Crippen molar-refractivity contribution in [2.45, 2.75) is 37.4 Å². The van der Waals surface area contributed by atoms with E-state index in [1.165, 1.54) is 12.1 Å². The van der Waals surface area contributed by atoms with Crippen molar-refractivity contribution in [2.24, 2.45) is 5.73 Å². The summed E-state index contributed by atoms with van der Waals surface area (Å²) in [6, 6.07) is 12.7. The molecular formula is C20H23FN6O. The van der Waals surface area contributed by atoms with Gasteiger partial charge in [-0.1, -0.05) is 12.1 Å². The van der Waals surface area contributed by atoms with Crippen LogP contribution in [0.5, 0.6) is 5.75 Å². The van der Waals surface area contributed by atoms with Crippen LogP contribution in [0.4, 0.5) is 4.39 Å². The van der Waals surface area contributed by atoms with Gasteiger partial charge in [-0.05, 0) is 59.2 Å². The number of aromatic nitrogens is 4. The number of methoxy groups -OCH3 is 1. The third kappa shape index (κ3) is 3.74. The van der Waals surface area contributed by atoms with Gasteiger partial charge in [0.1, 0.15) is 11.6 Å². The zero-order chi connectivity index (χ0) is 19.5. The number of rotatable bonds is 6. The second-order valence-corrected chi connectivity index (χ2v) is 7.08. The van der Waals surface area contributed by atoms with Crippen molar-refractivity contribution in [1.29, 1.82) is 0 Å². The maximum atomic E-state index is 13.3. The molecule has 7 nitrogen and oxygen atoms in total. The molecule has 1 aliphatic carbocycles. The molecule has 4 N–H and O–H groups in total. The van der Waals surface area contributed by atoms with Gasteiger partial charge in [0.15, 0.2) is 5.82 Å². The maximum absolute atomic E-state index is 13.3. The van der Waals surface area contributed by atoms with E-state index in [9.17, 15) is 4.39 Å². The van der Waals surface area contributed by atoms with Crippen molar-refractivity contribution >= 4 is 0 Å². The number of nitrogens with two attached hydrogens (primary N) is 1. The zero-order valence-corrected chi connectivity index (χ0v) is 15.6. The van der Waals surface area contributed by atoms with Crippen LogP contribution in [-0.2, 0) is 6.54 Å². The third-order valence-electron chi connectivity index (χ3n) is 5.41. The minimum atomic E-state index is -0.233. The fourth-order valence-corrected chi connectivity index (χ4v) is 4.01. The van der Waals surface area contributed by atoms with Gasteiger partial charge in [0.2, 0.25) is 0 Å². The molecule has 0 saturated heterocycles. The maximum Gasteiger partial charge on any atom is 0.179 e. The summed E-state index contributed by atoms with van der Waals surface area (Å²) in [6.45, 7) is 0.619. The number of hydrogen-bond donors (Lipinski definition) is 3. The van der Waals surface area contributed by atoms with Crippen LogP contribution in [0.3, 0.4) is 0 Å². The standard InChI is InChI=1S/C20H23FN6O/c1-28-18-9-4-13(20-24-26-27-25-20)10-14(18)11-23-17-8-7-16(22)19(17)12-2-5-15(21)6-3-12/h2-6,9-10,16-17,19,23H,7-8,11,22H2,1H3,(H,24,25,26,27). The SMILES string of the molecule is COc1ccc(-c2nnn[nH]2)cc1CNC1CCC(N)C1c1ccc(F)cc1. The van der Waals surface area contributed by atoms with Gasteiger partial charge in [-0.3, -0.25) is 0 Å². The summed E-state index contributed by atoms with van der Waals surface area (Å²) in [5.41, 5.74) is 9.33. The minimum Gasteiger partial charge on any atom is -0.496 e. The fraction of sp³-hybridized carbons (Fsp3) is 0.350. The van der Waals surface area contributed by atoms with Crippen LogP contribution in [0.1, 0.15) is 29.9 Å². The summed E-state index contributed by atoms with van der Waals surface area (Å²) in [4.78, 5) is 0. The first kappa shape index (κ1) is 18.5. The van der Waals surface area contributed by atoms with Crippen molar-refractivity contribution in [3.05, 3.63) is 59.4 Å². The Kier molecular flexibility index (Phi) is 5.31. The summed E-state index contributed by atoms with van der Waals surface area (Å²) in [5, 5.41) is 17.6. The van der Waals surface area contributed by atoms with Crippen LogP contribution >= 0.6 is 0 Å². The molecule has 1 fully saturated rings. The van der Waals surface area contributed by atoms with E-state index in [2.05, 4.69) is 25.9 Å². The Balaban J connectivity index is 1.53. The molecule has 3 unspecified atom stereocenters. The fourth-order valence-electron chi connectivity index (χ4n) is 4.01. The van der Waals surface area contributed by atoms with Crippen LogP contribution in [-0.4, -0.2) is 39.8 Å². The quantitative estimate of drug-likeness (QED) is 0.605. The van der Waals surface area contributed by atoms with Gasteiger partial charge < -0.3 is 15.8 Å². The molecule has 1 heterocycles. The van der Waals surface area contributed by atoms with Crippen molar-refractivity contribution in [1.82, 2.24) is 25.9 Å². The average Bonchev–Trinajstić information content (AvgIpc) is 3.37. The van der Waals surface area contributed by atoms with Gasteiger partial charge in [-0.25, -0.2) is 9.49 Å². The smallest absolute Gasteiger partial charge is 0.179 e. The number of aromatic amines is 1. The molecule has 4 rings (SSSR count). The van der Waals surface area contributed by atoms with Gasteiger partial charge >= 0.3 is 0 Å². The molecular weight excluding hydrogens is 359 g/mol. The van der Waals surface area contributed by atoms with Gasteiger partial charge in [0, 0.05) is 35.7 Å². The van der Waals surface area contributed by atoms with Crippen molar-refractivity contribution < 1.29 is 9.13 Å². The molecule has 1 aromatic heterocycles. The molecule has 3 atom stereocenters. The largest absolute Gasteiger partial charge is 0.496 e. The number of hydrogen-bond acceptors (Lipinski definition) is 6. The summed E-state index contributed by atoms with van der Waals surface area (Å²) in [5.74, 6) is 1.32. The lowest BCUT2D eigenvalue weighted by molar-refractivity contribution is 0.401. The van der Waals surface area contributed by atoms with Crippen LogP contribution in [0.2, 0.25) is 0 Å². The highest BCUT2D eigenvalue weighted by molar-refractivity contribution is 5.58. The monoisotopic (exact) mass is 382 g/mol. The molecule has 2 aromatic carbocycles. The first-order valence-electron chi connectivity index (χ1n) is 9.31. The van der Waals surface area contributed by atoms with Crippen LogP contribution in [0.15, 0.2) is 42.5 Å². The Morgan fingerprint density at radius 1 is 1.21 bits per heavy atom. The Hall–Kier alpha value is -2.84. The molecule has 3 aromatic rings. The molecule has 0 aliphatic heterocycles. The van der Waals surface area contributed by atoms with E-state index < -0.39 is 0 Å². The van der Waals surface area contributed by atoms with E-state index >= 15 is 0 Å². The van der Waals surface area contributed by atoms with Crippen LogP contribution in [0, 0.1) is 5.82 Å². The first-order valence-corrected chi connectivity index (χ1v) is 9.31. The Labute approximate surface area is 162 Å². The van der Waals surface area contributed by atoms with E-state index in [4.69, 9.17) is 10.5 Å². The third-order valence-corrected chi connectivity index (χ3v) is 5.41. The van der Waals surface area contributed by atoms with Gasteiger partial charge in [-0.15, -0.1) is 5.10 Å². The lowest BCUT2D eigenvalue weighted by Crippen LogP contribution is -2.36. The summed E-state index contributed by atoms with van der Waals surface area (Å²) < 4.78 is 18.8. The first-order chi connectivity index (χ1) is 13.7. The lowest BCUT2D eigenvalue weighted by Gasteiger charge is -2.25. The number of nitrogens with zero attached hydrogens (tertiary/aromatic N) is 3. The Bertz CT molecular complexity index is 915. The highest BCUT2D eigenvalue weighted by atomic mass is 19.1. The topological polar surface area (TPSA) is 102 Å². The molecule has 1 saturated carbocycles. The highest BCUT2D eigenvalue weighted by Gasteiger charge is 2.34. The number of benzene rings is 2. The summed E-state index contributed by atoms with van der Waals surface area (Å²) in [6.07, 6.45) is 1.90. The Morgan fingerprint density at radius 3 is 2.75 bits per heavy atom. The number of tetrazole rings is 1. The van der Waals surface area contributed by atoms with Gasteiger partial charge in [0.25, 0.3) is 0 Å². The van der Waals surface area contributed by atoms with E-state index in [1.807, 2.05) is 30.3 Å². The van der Waals surface area contributed by atoms with E-state index in [0.717, 1.165) is 35.3 Å². The van der Waals surface area contributed by atoms with E-state index in [1.54, 1.807) is 7.11 Å².